The summed E-state index contributed by atoms with van der Waals surface area (Å²) < 4.78 is 17.0. The van der Waals surface area contributed by atoms with Crippen molar-refractivity contribution >= 4 is 17.9 Å². The molecule has 0 aliphatic carbocycles. The van der Waals surface area contributed by atoms with Crippen molar-refractivity contribution in [3.63, 3.8) is 0 Å². The molecule has 6 heteroatoms. The highest BCUT2D eigenvalue weighted by molar-refractivity contribution is 5.71. The Morgan fingerprint density at radius 1 is 0.253 bits per heavy atom. The Balaban J connectivity index is 4.12. The molecule has 0 saturated carbocycles. The Morgan fingerprint density at radius 2 is 0.456 bits per heavy atom. The van der Waals surface area contributed by atoms with E-state index in [2.05, 4.69) is 45.1 Å². The molecule has 0 heterocycles. The molecule has 0 radical (unpaired) electrons. The minimum absolute atomic E-state index is 0.0708. The molecule has 466 valence electrons. The summed E-state index contributed by atoms with van der Waals surface area (Å²) in [5.74, 6) is -0.854. The fraction of sp³-hybridized carbons (Fsp3) is 0.904. The smallest absolute Gasteiger partial charge is 0.306 e. The molecule has 0 amide bonds. The second kappa shape index (κ2) is 68.4. The summed E-state index contributed by atoms with van der Waals surface area (Å²) >= 11 is 0. The van der Waals surface area contributed by atoms with Crippen LogP contribution in [0.25, 0.3) is 0 Å². The second-order valence-corrected chi connectivity index (χ2v) is 24.5. The summed E-state index contributed by atoms with van der Waals surface area (Å²) in [5.41, 5.74) is 0. The van der Waals surface area contributed by atoms with Crippen LogP contribution in [-0.4, -0.2) is 37.2 Å². The zero-order chi connectivity index (χ0) is 57.1. The molecule has 0 aromatic heterocycles. The lowest BCUT2D eigenvalue weighted by Crippen LogP contribution is -2.30. The van der Waals surface area contributed by atoms with Crippen molar-refractivity contribution in [1.82, 2.24) is 0 Å². The lowest BCUT2D eigenvalue weighted by atomic mass is 10.0. The van der Waals surface area contributed by atoms with Crippen molar-refractivity contribution in [3.05, 3.63) is 24.3 Å². The van der Waals surface area contributed by atoms with E-state index in [-0.39, 0.29) is 31.1 Å². The quantitative estimate of drug-likeness (QED) is 0.0261. The highest BCUT2D eigenvalue weighted by Gasteiger charge is 2.19. The summed E-state index contributed by atoms with van der Waals surface area (Å²) in [5, 5.41) is 0. The molecule has 79 heavy (non-hydrogen) atoms. The number of hydrogen-bond acceptors (Lipinski definition) is 6. The van der Waals surface area contributed by atoms with E-state index >= 15 is 0 Å². The van der Waals surface area contributed by atoms with Gasteiger partial charge in [0.05, 0.1) is 0 Å². The molecular weight excluding hydrogens is 973 g/mol. The lowest BCUT2D eigenvalue weighted by Gasteiger charge is -2.18. The van der Waals surface area contributed by atoms with Gasteiger partial charge in [-0.1, -0.05) is 360 Å². The van der Waals surface area contributed by atoms with Gasteiger partial charge in [0.25, 0.3) is 0 Å². The summed E-state index contributed by atoms with van der Waals surface area (Å²) in [6.45, 7) is 6.68. The highest BCUT2D eigenvalue weighted by atomic mass is 16.6. The maximum atomic E-state index is 12.9. The minimum Gasteiger partial charge on any atom is -0.462 e. The van der Waals surface area contributed by atoms with Crippen molar-refractivity contribution in [1.29, 1.82) is 0 Å². The fourth-order valence-electron chi connectivity index (χ4n) is 11.1. The second-order valence-electron chi connectivity index (χ2n) is 24.5. The number of allylic oxidation sites excluding steroid dienone is 4. The number of unbranched alkanes of at least 4 members (excludes halogenated alkanes) is 52. The number of ether oxygens (including phenoxy) is 3. The van der Waals surface area contributed by atoms with Gasteiger partial charge in [-0.15, -0.1) is 0 Å². The average Bonchev–Trinajstić information content (AvgIpc) is 3.45. The normalized spacial score (nSPS) is 12.1. The van der Waals surface area contributed by atoms with Crippen molar-refractivity contribution < 1.29 is 28.6 Å². The summed E-state index contributed by atoms with van der Waals surface area (Å²) in [6.07, 6.45) is 83.7. The minimum atomic E-state index is -0.775. The molecule has 0 fully saturated rings. The van der Waals surface area contributed by atoms with Gasteiger partial charge in [0.2, 0.25) is 0 Å². The molecule has 0 saturated heterocycles. The predicted molar refractivity (Wildman–Crippen MR) is 344 cm³/mol. The Morgan fingerprint density at radius 3 is 0.722 bits per heavy atom. The van der Waals surface area contributed by atoms with Crippen LogP contribution >= 0.6 is 0 Å². The van der Waals surface area contributed by atoms with Crippen LogP contribution in [0.15, 0.2) is 24.3 Å². The van der Waals surface area contributed by atoms with Gasteiger partial charge in [-0.3, -0.25) is 14.4 Å². The van der Waals surface area contributed by atoms with E-state index in [4.69, 9.17) is 14.2 Å². The third-order valence-corrected chi connectivity index (χ3v) is 16.5. The maximum absolute atomic E-state index is 12.9. The molecule has 0 rings (SSSR count). The monoisotopic (exact) mass is 1110 g/mol. The van der Waals surface area contributed by atoms with E-state index in [0.29, 0.717) is 19.3 Å². The van der Waals surface area contributed by atoms with Crippen molar-refractivity contribution in [3.8, 4) is 0 Å². The molecule has 0 aromatic carbocycles. The van der Waals surface area contributed by atoms with Crippen molar-refractivity contribution in [2.75, 3.05) is 13.2 Å². The SMILES string of the molecule is CCCCC/C=C\C/C=C\CCCCCCCC(=O)OC(COC(=O)CCCCCCCCCCCCCCCCC)COC(=O)CCCCCCCCCCCCCCCCCCCCCCCCCCCCCCCCC. The molecule has 0 aliphatic rings. The fourth-order valence-corrected chi connectivity index (χ4v) is 11.1. The van der Waals surface area contributed by atoms with Crippen LogP contribution in [0.5, 0.6) is 0 Å². The number of carbonyl (C=O) groups is 3. The average molecular weight is 1110 g/mol. The molecular formula is C73H138O6. The number of rotatable bonds is 67. The molecule has 0 aliphatic heterocycles. The molecule has 0 bridgehead atoms. The third kappa shape index (κ3) is 66.6. The molecule has 6 nitrogen and oxygen atoms in total. The third-order valence-electron chi connectivity index (χ3n) is 16.5. The topological polar surface area (TPSA) is 78.9 Å². The van der Waals surface area contributed by atoms with Gasteiger partial charge in [-0.2, -0.15) is 0 Å². The van der Waals surface area contributed by atoms with Crippen LogP contribution in [0.1, 0.15) is 406 Å². The van der Waals surface area contributed by atoms with Crippen LogP contribution in [0, 0.1) is 0 Å². The van der Waals surface area contributed by atoms with E-state index in [1.54, 1.807) is 0 Å². The highest BCUT2D eigenvalue weighted by Crippen LogP contribution is 2.19. The first-order valence-electron chi connectivity index (χ1n) is 35.8. The van der Waals surface area contributed by atoms with Gasteiger partial charge < -0.3 is 14.2 Å². The molecule has 1 atom stereocenters. The van der Waals surface area contributed by atoms with E-state index in [9.17, 15) is 14.4 Å². The molecule has 0 N–H and O–H groups in total. The van der Waals surface area contributed by atoms with Gasteiger partial charge in [0.1, 0.15) is 13.2 Å². The zero-order valence-electron chi connectivity index (χ0n) is 53.7. The Labute approximate surface area is 493 Å². The van der Waals surface area contributed by atoms with E-state index in [1.807, 2.05) is 0 Å². The Hall–Kier alpha value is -2.11. The first-order valence-corrected chi connectivity index (χ1v) is 35.8. The van der Waals surface area contributed by atoms with Gasteiger partial charge in [0.15, 0.2) is 6.10 Å². The maximum Gasteiger partial charge on any atom is 0.306 e. The van der Waals surface area contributed by atoms with Crippen LogP contribution in [0.2, 0.25) is 0 Å². The largest absolute Gasteiger partial charge is 0.462 e. The lowest BCUT2D eigenvalue weighted by molar-refractivity contribution is -0.167. The van der Waals surface area contributed by atoms with Gasteiger partial charge >= 0.3 is 17.9 Å². The Kier molecular flexibility index (Phi) is 66.6. The van der Waals surface area contributed by atoms with E-state index in [1.165, 1.54) is 289 Å². The first-order chi connectivity index (χ1) is 39.0. The van der Waals surface area contributed by atoms with Crippen LogP contribution < -0.4 is 0 Å². The standard InChI is InChI=1S/C73H138O6/c1-4-7-10-13-16-19-22-25-28-29-30-31-32-33-34-35-36-37-38-39-40-41-42-43-46-48-51-54-57-60-63-66-72(75)78-69-70(79-73(76)67-64-61-58-55-52-49-45-27-24-21-18-15-12-9-6-3)68-77-71(74)65-62-59-56-53-50-47-44-26-23-20-17-14-11-8-5-2/h18,21,27,45,70H,4-17,19-20,22-26,28-44,46-69H2,1-3H3/b21-18-,45-27-. The number of hydrogen-bond donors (Lipinski definition) is 0. The van der Waals surface area contributed by atoms with Gasteiger partial charge in [0, 0.05) is 19.3 Å². The summed E-state index contributed by atoms with van der Waals surface area (Å²) in [7, 11) is 0. The summed E-state index contributed by atoms with van der Waals surface area (Å²) in [4.78, 5) is 38.4. The first kappa shape index (κ1) is 76.9. The summed E-state index contributed by atoms with van der Waals surface area (Å²) in [6, 6.07) is 0. The van der Waals surface area contributed by atoms with Crippen molar-refractivity contribution in [2.24, 2.45) is 0 Å². The number of esters is 3. The van der Waals surface area contributed by atoms with E-state index in [0.717, 1.165) is 77.0 Å². The molecule has 1 unspecified atom stereocenters. The zero-order valence-corrected chi connectivity index (χ0v) is 53.7. The Bertz CT molecular complexity index is 1270. The van der Waals surface area contributed by atoms with Crippen LogP contribution in [-0.2, 0) is 28.6 Å². The molecule has 0 aromatic rings. The van der Waals surface area contributed by atoms with Crippen LogP contribution in [0.4, 0.5) is 0 Å². The van der Waals surface area contributed by atoms with Crippen molar-refractivity contribution in [2.45, 2.75) is 412 Å². The predicted octanol–water partition coefficient (Wildman–Crippen LogP) is 24.6. The van der Waals surface area contributed by atoms with Crippen LogP contribution in [0.3, 0.4) is 0 Å². The molecule has 0 spiro atoms. The van der Waals surface area contributed by atoms with Gasteiger partial charge in [-0.25, -0.2) is 0 Å². The van der Waals surface area contributed by atoms with E-state index < -0.39 is 6.10 Å². The van der Waals surface area contributed by atoms with Gasteiger partial charge in [-0.05, 0) is 51.4 Å². The number of carbonyl (C=O) groups excluding carboxylic acids is 3.